The van der Waals surface area contributed by atoms with Crippen LogP contribution in [0.15, 0.2) is 0 Å². The highest BCUT2D eigenvalue weighted by Crippen LogP contribution is 2.71. The quantitative estimate of drug-likeness (QED) is 0.584. The van der Waals surface area contributed by atoms with Crippen LogP contribution < -0.4 is 0 Å². The van der Waals surface area contributed by atoms with Crippen LogP contribution in [0.1, 0.15) is 46.0 Å². The molecular weight excluding hydrogens is 348 g/mol. The van der Waals surface area contributed by atoms with Gasteiger partial charge in [-0.25, -0.2) is 0 Å². The number of Topliss-reactive ketones (excluding diaryl/α,β-unsaturated/α-hetero) is 1. The van der Waals surface area contributed by atoms with Crippen LogP contribution in [-0.2, 0) is 23.8 Å². The lowest BCUT2D eigenvalue weighted by molar-refractivity contribution is -0.236. The third-order valence-corrected chi connectivity index (χ3v) is 8.82. The van der Waals surface area contributed by atoms with Crippen molar-refractivity contribution in [1.29, 1.82) is 0 Å². The van der Waals surface area contributed by atoms with Crippen LogP contribution in [0.4, 0.5) is 0 Å². The molecule has 2 aliphatic heterocycles. The minimum atomic E-state index is -1.07. The molecule has 27 heavy (non-hydrogen) atoms. The Morgan fingerprint density at radius 2 is 2.00 bits per heavy atom. The zero-order chi connectivity index (χ0) is 19.2. The molecule has 3 saturated carbocycles. The molecule has 5 rings (SSSR count). The van der Waals surface area contributed by atoms with Gasteiger partial charge in [0.1, 0.15) is 11.5 Å². The Labute approximate surface area is 159 Å². The summed E-state index contributed by atoms with van der Waals surface area (Å²) in [6.07, 6.45) is 2.85. The van der Waals surface area contributed by atoms with Crippen molar-refractivity contribution in [2.75, 3.05) is 20.3 Å². The number of hydrogen-bond acceptors (Lipinski definition) is 6. The van der Waals surface area contributed by atoms with Crippen LogP contribution in [0.2, 0.25) is 0 Å². The van der Waals surface area contributed by atoms with Gasteiger partial charge in [0.2, 0.25) is 0 Å². The number of esters is 1. The maximum Gasteiger partial charge on any atom is 0.320 e. The van der Waals surface area contributed by atoms with Gasteiger partial charge in [-0.2, -0.15) is 0 Å². The molecule has 2 saturated heterocycles. The van der Waals surface area contributed by atoms with E-state index in [-0.39, 0.29) is 46.9 Å². The Morgan fingerprint density at radius 3 is 2.74 bits per heavy atom. The van der Waals surface area contributed by atoms with E-state index in [0.717, 1.165) is 25.7 Å². The summed E-state index contributed by atoms with van der Waals surface area (Å²) in [5, 5.41) is 10.8. The summed E-state index contributed by atoms with van der Waals surface area (Å²) in [4.78, 5) is 26.8. The molecule has 0 aromatic heterocycles. The molecule has 150 valence electrons. The molecule has 5 fully saturated rings. The van der Waals surface area contributed by atoms with Gasteiger partial charge in [-0.3, -0.25) is 9.59 Å². The topological polar surface area (TPSA) is 82.1 Å². The Balaban J connectivity index is 1.65. The van der Waals surface area contributed by atoms with E-state index in [9.17, 15) is 14.7 Å². The van der Waals surface area contributed by atoms with Crippen LogP contribution in [-0.4, -0.2) is 49.6 Å². The third-order valence-electron chi connectivity index (χ3n) is 8.82. The van der Waals surface area contributed by atoms with Gasteiger partial charge in [0.25, 0.3) is 0 Å². The van der Waals surface area contributed by atoms with Crippen molar-refractivity contribution >= 4 is 11.8 Å². The molecule has 0 aromatic rings. The SMILES string of the molecule is COCC1C(=O)C23CC1CCC2C12COC(O)C1C(C)(C)CCC2OC3=O. The second-order valence-electron chi connectivity index (χ2n) is 10.2. The number of methoxy groups -OCH3 is 1. The number of aliphatic hydroxyl groups is 1. The van der Waals surface area contributed by atoms with Gasteiger partial charge in [0, 0.05) is 24.4 Å². The first-order valence-electron chi connectivity index (χ1n) is 10.3. The number of ether oxygens (including phenoxy) is 3. The van der Waals surface area contributed by atoms with Crippen LogP contribution in [0.5, 0.6) is 0 Å². The van der Waals surface area contributed by atoms with Crippen molar-refractivity contribution in [2.45, 2.75) is 58.3 Å². The van der Waals surface area contributed by atoms with Gasteiger partial charge >= 0.3 is 5.97 Å². The maximum atomic E-state index is 13.6. The van der Waals surface area contributed by atoms with Gasteiger partial charge in [-0.05, 0) is 49.4 Å². The minimum Gasteiger partial charge on any atom is -0.461 e. The van der Waals surface area contributed by atoms with Crippen molar-refractivity contribution in [1.82, 2.24) is 0 Å². The number of aliphatic hydroxyl groups excluding tert-OH is 1. The van der Waals surface area contributed by atoms with Crippen molar-refractivity contribution < 1.29 is 28.9 Å². The van der Waals surface area contributed by atoms with E-state index in [1.807, 2.05) is 0 Å². The molecule has 6 heteroatoms. The standard InChI is InChI=1S/C21H30O6/c1-19(2)7-6-14-21(10-26-17(23)15(19)21)13-5-4-11-8-20(13,18(24)27-14)16(22)12(11)9-25-3/h11-15,17,23H,4-10H2,1-3H3. The average molecular weight is 378 g/mol. The molecular formula is C21H30O6. The first kappa shape index (κ1) is 18.1. The van der Waals surface area contributed by atoms with Crippen LogP contribution in [0, 0.1) is 39.9 Å². The highest BCUT2D eigenvalue weighted by molar-refractivity contribution is 6.08. The average Bonchev–Trinajstić information content (AvgIpc) is 3.08. The molecule has 8 atom stereocenters. The summed E-state index contributed by atoms with van der Waals surface area (Å²) >= 11 is 0. The number of carbonyl (C=O) groups excluding carboxylic acids is 2. The number of ketones is 1. The summed E-state index contributed by atoms with van der Waals surface area (Å²) in [7, 11) is 1.61. The normalized spacial score (nSPS) is 52.7. The molecule has 8 unspecified atom stereocenters. The van der Waals surface area contributed by atoms with Crippen molar-refractivity contribution in [3.8, 4) is 0 Å². The van der Waals surface area contributed by atoms with E-state index in [1.165, 1.54) is 0 Å². The monoisotopic (exact) mass is 378 g/mol. The Morgan fingerprint density at radius 1 is 1.22 bits per heavy atom. The highest BCUT2D eigenvalue weighted by Gasteiger charge is 2.77. The van der Waals surface area contributed by atoms with Gasteiger partial charge in [0.15, 0.2) is 12.1 Å². The lowest BCUT2D eigenvalue weighted by Gasteiger charge is -2.61. The molecule has 2 spiro atoms. The smallest absolute Gasteiger partial charge is 0.320 e. The second kappa shape index (κ2) is 5.55. The molecule has 3 aliphatic carbocycles. The summed E-state index contributed by atoms with van der Waals surface area (Å²) < 4.78 is 17.2. The summed E-state index contributed by atoms with van der Waals surface area (Å²) in [5.41, 5.74) is -1.65. The fourth-order valence-corrected chi connectivity index (χ4v) is 7.85. The molecule has 1 N–H and O–H groups in total. The van der Waals surface area contributed by atoms with Crippen LogP contribution in [0.25, 0.3) is 0 Å². The van der Waals surface area contributed by atoms with Gasteiger partial charge in [0.05, 0.1) is 13.2 Å². The number of carbonyl (C=O) groups is 2. The zero-order valence-corrected chi connectivity index (χ0v) is 16.4. The maximum absolute atomic E-state index is 13.6. The number of hydrogen-bond donors (Lipinski definition) is 1. The number of fused-ring (bicyclic) bond motifs is 1. The Bertz CT molecular complexity index is 688. The molecule has 2 bridgehead atoms. The lowest BCUT2D eigenvalue weighted by atomic mass is 9.44. The van der Waals surface area contributed by atoms with Gasteiger partial charge in [-0.15, -0.1) is 0 Å². The number of rotatable bonds is 2. The van der Waals surface area contributed by atoms with E-state index in [1.54, 1.807) is 7.11 Å². The molecule has 0 radical (unpaired) electrons. The van der Waals surface area contributed by atoms with Gasteiger partial charge < -0.3 is 19.3 Å². The predicted octanol–water partition coefficient (Wildman–Crippen LogP) is 1.93. The minimum absolute atomic E-state index is 0.0122. The van der Waals surface area contributed by atoms with Gasteiger partial charge in [-0.1, -0.05) is 13.8 Å². The summed E-state index contributed by atoms with van der Waals surface area (Å²) in [5.74, 6) is -0.568. The molecule has 0 amide bonds. The Hall–Kier alpha value is -0.980. The Kier molecular flexibility index (Phi) is 3.71. The first-order valence-corrected chi connectivity index (χ1v) is 10.3. The van der Waals surface area contributed by atoms with Crippen molar-refractivity contribution in [3.05, 3.63) is 0 Å². The van der Waals surface area contributed by atoms with Crippen molar-refractivity contribution in [3.63, 3.8) is 0 Å². The molecule has 6 nitrogen and oxygen atoms in total. The molecule has 0 aromatic carbocycles. The lowest BCUT2D eigenvalue weighted by Crippen LogP contribution is -2.68. The van der Waals surface area contributed by atoms with E-state index in [0.29, 0.717) is 19.6 Å². The predicted molar refractivity (Wildman–Crippen MR) is 94.4 cm³/mol. The fraction of sp³-hybridized carbons (Fsp3) is 0.905. The molecule has 5 aliphatic rings. The molecule has 2 heterocycles. The van der Waals surface area contributed by atoms with Crippen molar-refractivity contribution in [2.24, 2.45) is 39.9 Å². The van der Waals surface area contributed by atoms with E-state index in [4.69, 9.17) is 14.2 Å². The fourth-order valence-electron chi connectivity index (χ4n) is 7.85. The highest BCUT2D eigenvalue weighted by atomic mass is 16.6. The third kappa shape index (κ3) is 1.97. The zero-order valence-electron chi connectivity index (χ0n) is 16.4. The summed E-state index contributed by atoms with van der Waals surface area (Å²) in [6, 6.07) is 0. The van der Waals surface area contributed by atoms with Crippen LogP contribution >= 0.6 is 0 Å². The summed E-state index contributed by atoms with van der Waals surface area (Å²) in [6.45, 7) is 5.09. The van der Waals surface area contributed by atoms with E-state index < -0.39 is 17.1 Å². The van der Waals surface area contributed by atoms with E-state index >= 15 is 0 Å². The van der Waals surface area contributed by atoms with Crippen LogP contribution in [0.3, 0.4) is 0 Å². The second-order valence-corrected chi connectivity index (χ2v) is 10.2. The largest absolute Gasteiger partial charge is 0.461 e. The first-order chi connectivity index (χ1) is 12.8. The van der Waals surface area contributed by atoms with E-state index in [2.05, 4.69) is 13.8 Å².